The summed E-state index contributed by atoms with van der Waals surface area (Å²) in [5.41, 5.74) is -0.726. The summed E-state index contributed by atoms with van der Waals surface area (Å²) < 4.78 is 6.33. The predicted octanol–water partition coefficient (Wildman–Crippen LogP) is 0.146. The van der Waals surface area contributed by atoms with Gasteiger partial charge in [-0.05, 0) is 19.1 Å². The van der Waals surface area contributed by atoms with Crippen LogP contribution in [-0.4, -0.2) is 35.6 Å². The van der Waals surface area contributed by atoms with E-state index in [1.165, 1.54) is 6.92 Å². The molecule has 0 aliphatic carbocycles. The molecule has 10 heteroatoms. The first-order valence-electron chi connectivity index (χ1n) is 7.20. The van der Waals surface area contributed by atoms with Crippen LogP contribution < -0.4 is 11.2 Å². The molecule has 0 fully saturated rings. The third-order valence-corrected chi connectivity index (χ3v) is 3.37. The van der Waals surface area contributed by atoms with Crippen LogP contribution in [-0.2, 0) is 11.3 Å². The molecule has 0 saturated heterocycles. The number of aromatic nitrogens is 5. The van der Waals surface area contributed by atoms with E-state index >= 15 is 0 Å². The topological polar surface area (TPSA) is 133 Å². The molecule has 0 radical (unpaired) electrons. The van der Waals surface area contributed by atoms with Gasteiger partial charge in [0.2, 0.25) is 11.7 Å². The van der Waals surface area contributed by atoms with Gasteiger partial charge in [-0.25, -0.2) is 9.36 Å². The van der Waals surface area contributed by atoms with Crippen LogP contribution >= 0.6 is 0 Å². The van der Waals surface area contributed by atoms with Crippen molar-refractivity contribution in [1.82, 2.24) is 24.5 Å². The van der Waals surface area contributed by atoms with E-state index in [1.807, 2.05) is 6.92 Å². The number of carboxylic acid groups (broad SMARTS) is 1. The van der Waals surface area contributed by atoms with Crippen molar-refractivity contribution in [1.29, 1.82) is 0 Å². The summed E-state index contributed by atoms with van der Waals surface area (Å²) in [4.78, 5) is 40.0. The summed E-state index contributed by atoms with van der Waals surface area (Å²) in [7, 11) is 0. The fourth-order valence-corrected chi connectivity index (χ4v) is 2.18. The molecule has 0 saturated carbocycles. The van der Waals surface area contributed by atoms with Gasteiger partial charge in [-0.15, -0.1) is 0 Å². The maximum Gasteiger partial charge on any atom is 0.352 e. The molecule has 0 aliphatic heterocycles. The molecule has 0 atom stereocenters. The van der Waals surface area contributed by atoms with Crippen LogP contribution in [0.3, 0.4) is 0 Å². The van der Waals surface area contributed by atoms with Crippen molar-refractivity contribution in [3.8, 4) is 17.2 Å². The highest BCUT2D eigenvalue weighted by molar-refractivity contribution is 5.66. The van der Waals surface area contributed by atoms with E-state index in [0.29, 0.717) is 10.3 Å². The van der Waals surface area contributed by atoms with Crippen LogP contribution in [0, 0.1) is 13.8 Å². The first-order chi connectivity index (χ1) is 11.9. The monoisotopic (exact) mass is 343 g/mol. The normalized spacial score (nSPS) is 10.8. The van der Waals surface area contributed by atoms with Gasteiger partial charge in [-0.3, -0.25) is 9.59 Å². The molecular formula is C15H13N5O5. The number of aryl methyl sites for hydroxylation is 2. The SMILES string of the molecule is Cc1ccc(-n2nc(-c3noc(C)n3)c(=O)n(CC(=O)O)c2=O)cc1. The smallest absolute Gasteiger partial charge is 0.352 e. The van der Waals surface area contributed by atoms with E-state index < -0.39 is 23.8 Å². The molecule has 0 amide bonds. The van der Waals surface area contributed by atoms with Crippen molar-refractivity contribution in [3.63, 3.8) is 0 Å². The lowest BCUT2D eigenvalue weighted by atomic mass is 10.2. The van der Waals surface area contributed by atoms with Crippen molar-refractivity contribution in [2.24, 2.45) is 0 Å². The van der Waals surface area contributed by atoms with Gasteiger partial charge in [-0.2, -0.15) is 14.8 Å². The maximum absolute atomic E-state index is 12.5. The Morgan fingerprint density at radius 3 is 2.44 bits per heavy atom. The zero-order valence-electron chi connectivity index (χ0n) is 13.3. The molecule has 128 valence electrons. The number of hydrogen-bond donors (Lipinski definition) is 1. The molecule has 0 unspecified atom stereocenters. The molecule has 25 heavy (non-hydrogen) atoms. The van der Waals surface area contributed by atoms with E-state index in [-0.39, 0.29) is 17.4 Å². The van der Waals surface area contributed by atoms with Gasteiger partial charge in [0.25, 0.3) is 5.56 Å². The van der Waals surface area contributed by atoms with E-state index in [1.54, 1.807) is 24.3 Å². The second kappa shape index (κ2) is 6.15. The molecule has 1 aromatic carbocycles. The van der Waals surface area contributed by atoms with Crippen molar-refractivity contribution in [3.05, 3.63) is 56.6 Å². The summed E-state index contributed by atoms with van der Waals surface area (Å²) in [6.07, 6.45) is 0. The summed E-state index contributed by atoms with van der Waals surface area (Å²) in [6.45, 7) is 2.59. The molecule has 0 aliphatic rings. The average molecular weight is 343 g/mol. The fraction of sp³-hybridized carbons (Fsp3) is 0.200. The maximum atomic E-state index is 12.5. The number of carboxylic acids is 1. The minimum atomic E-state index is -1.34. The van der Waals surface area contributed by atoms with Gasteiger partial charge in [0.05, 0.1) is 5.69 Å². The van der Waals surface area contributed by atoms with Crippen LogP contribution in [0.25, 0.3) is 17.2 Å². The average Bonchev–Trinajstić information content (AvgIpc) is 2.99. The molecule has 1 N–H and O–H groups in total. The zero-order valence-corrected chi connectivity index (χ0v) is 13.3. The number of aliphatic carboxylic acids is 1. The molecule has 3 rings (SSSR count). The standard InChI is InChI=1S/C15H13N5O5/c1-8-3-5-10(6-4-8)20-15(24)19(7-11(21)22)14(23)12(17-20)13-16-9(2)25-18-13/h3-6H,7H2,1-2H3,(H,21,22). The molecule has 10 nitrogen and oxygen atoms in total. The van der Waals surface area contributed by atoms with Crippen LogP contribution in [0.5, 0.6) is 0 Å². The Bertz CT molecular complexity index is 1060. The number of nitrogens with zero attached hydrogens (tertiary/aromatic N) is 5. The molecule has 0 bridgehead atoms. The van der Waals surface area contributed by atoms with Crippen LogP contribution in [0.15, 0.2) is 38.4 Å². The summed E-state index contributed by atoms with van der Waals surface area (Å²) >= 11 is 0. The fourth-order valence-electron chi connectivity index (χ4n) is 2.18. The molecular weight excluding hydrogens is 330 g/mol. The van der Waals surface area contributed by atoms with Crippen LogP contribution in [0.4, 0.5) is 0 Å². The summed E-state index contributed by atoms with van der Waals surface area (Å²) in [5.74, 6) is -1.26. The Morgan fingerprint density at radius 1 is 1.20 bits per heavy atom. The number of hydrogen-bond acceptors (Lipinski definition) is 7. The van der Waals surface area contributed by atoms with E-state index in [0.717, 1.165) is 10.2 Å². The Balaban J connectivity index is 2.31. The van der Waals surface area contributed by atoms with Crippen molar-refractivity contribution < 1.29 is 14.4 Å². The van der Waals surface area contributed by atoms with E-state index in [4.69, 9.17) is 9.63 Å². The Kier molecular flexibility index (Phi) is 4.01. The first kappa shape index (κ1) is 16.3. The number of benzene rings is 1. The largest absolute Gasteiger partial charge is 0.480 e. The quantitative estimate of drug-likeness (QED) is 0.707. The van der Waals surface area contributed by atoms with Crippen molar-refractivity contribution in [2.45, 2.75) is 20.4 Å². The highest BCUT2D eigenvalue weighted by Gasteiger charge is 2.20. The lowest BCUT2D eigenvalue weighted by Crippen LogP contribution is -2.43. The lowest BCUT2D eigenvalue weighted by molar-refractivity contribution is -0.137. The van der Waals surface area contributed by atoms with E-state index in [9.17, 15) is 14.4 Å². The first-order valence-corrected chi connectivity index (χ1v) is 7.20. The second-order valence-electron chi connectivity index (χ2n) is 5.30. The van der Waals surface area contributed by atoms with E-state index in [2.05, 4.69) is 15.2 Å². The van der Waals surface area contributed by atoms with Gasteiger partial charge in [0, 0.05) is 6.92 Å². The van der Waals surface area contributed by atoms with Crippen LogP contribution in [0.2, 0.25) is 0 Å². The summed E-state index contributed by atoms with van der Waals surface area (Å²) in [5, 5.41) is 16.6. The van der Waals surface area contributed by atoms with Crippen LogP contribution in [0.1, 0.15) is 11.5 Å². The predicted molar refractivity (Wildman–Crippen MR) is 84.5 cm³/mol. The highest BCUT2D eigenvalue weighted by atomic mass is 16.5. The molecule has 0 spiro atoms. The van der Waals surface area contributed by atoms with Gasteiger partial charge in [-0.1, -0.05) is 22.9 Å². The third-order valence-electron chi connectivity index (χ3n) is 3.37. The Morgan fingerprint density at radius 2 is 1.88 bits per heavy atom. The third kappa shape index (κ3) is 3.09. The summed E-state index contributed by atoms with van der Waals surface area (Å²) in [6, 6.07) is 6.78. The van der Waals surface area contributed by atoms with Gasteiger partial charge in [0.15, 0.2) is 5.69 Å². The van der Waals surface area contributed by atoms with Gasteiger partial charge in [0.1, 0.15) is 6.54 Å². The van der Waals surface area contributed by atoms with Crippen molar-refractivity contribution in [2.75, 3.05) is 0 Å². The minimum absolute atomic E-state index is 0.123. The molecule has 2 aromatic heterocycles. The second-order valence-corrected chi connectivity index (χ2v) is 5.30. The Hall–Kier alpha value is -3.56. The number of carbonyl (C=O) groups is 1. The lowest BCUT2D eigenvalue weighted by Gasteiger charge is -2.09. The zero-order chi connectivity index (χ0) is 18.1. The minimum Gasteiger partial charge on any atom is -0.480 e. The number of rotatable bonds is 4. The Labute approximate surface area is 140 Å². The molecule has 3 aromatic rings. The highest BCUT2D eigenvalue weighted by Crippen LogP contribution is 2.10. The van der Waals surface area contributed by atoms with Gasteiger partial charge >= 0.3 is 11.7 Å². The van der Waals surface area contributed by atoms with Crippen molar-refractivity contribution >= 4 is 5.97 Å². The molecule has 2 heterocycles. The van der Waals surface area contributed by atoms with Gasteiger partial charge < -0.3 is 9.63 Å².